The summed E-state index contributed by atoms with van der Waals surface area (Å²) in [5, 5.41) is 2.97. The Hall–Kier alpha value is -2.74. The maximum Gasteiger partial charge on any atom is 0.387 e. The normalized spacial score (nSPS) is 15.4. The number of hydrogen-bond donors (Lipinski definition) is 1. The van der Waals surface area contributed by atoms with E-state index in [-0.39, 0.29) is 29.4 Å². The molecule has 0 saturated carbocycles. The number of alkyl halides is 2. The Bertz CT molecular complexity index is 946. The average Bonchev–Trinajstić information content (AvgIpc) is 3.02. The summed E-state index contributed by atoms with van der Waals surface area (Å²) in [4.78, 5) is 27.3. The molecule has 1 N–H and O–H groups in total. The van der Waals surface area contributed by atoms with Crippen LogP contribution in [0.2, 0.25) is 0 Å². The zero-order chi connectivity index (χ0) is 23.4. The van der Waals surface area contributed by atoms with Gasteiger partial charge in [0, 0.05) is 34.6 Å². The van der Waals surface area contributed by atoms with Gasteiger partial charge in [-0.1, -0.05) is 0 Å². The third-order valence-corrected chi connectivity index (χ3v) is 5.81. The zero-order valence-electron chi connectivity index (χ0n) is 19.0. The number of aromatic nitrogens is 1. The van der Waals surface area contributed by atoms with Crippen LogP contribution in [-0.4, -0.2) is 53.4 Å². The Balaban J connectivity index is 1.64. The van der Waals surface area contributed by atoms with Gasteiger partial charge < -0.3 is 14.6 Å². The van der Waals surface area contributed by atoms with Gasteiger partial charge in [0.2, 0.25) is 5.91 Å². The molecule has 1 fully saturated rings. The smallest absolute Gasteiger partial charge is 0.387 e. The monoisotopic (exact) mass is 447 g/mol. The van der Waals surface area contributed by atoms with E-state index >= 15 is 0 Å². The summed E-state index contributed by atoms with van der Waals surface area (Å²) in [6.07, 6.45) is 1.50. The number of ketones is 1. The number of rotatable bonds is 8. The van der Waals surface area contributed by atoms with Crippen LogP contribution in [-0.2, 0) is 4.79 Å². The highest BCUT2D eigenvalue weighted by molar-refractivity contribution is 5.99. The highest BCUT2D eigenvalue weighted by atomic mass is 19.3. The molecule has 0 atom stereocenters. The van der Waals surface area contributed by atoms with Crippen molar-refractivity contribution in [3.63, 3.8) is 0 Å². The summed E-state index contributed by atoms with van der Waals surface area (Å²) in [7, 11) is 0. The van der Waals surface area contributed by atoms with Gasteiger partial charge in [-0.05, 0) is 84.0 Å². The highest BCUT2D eigenvalue weighted by Gasteiger charge is 2.27. The van der Waals surface area contributed by atoms with E-state index in [1.54, 1.807) is 12.1 Å². The fourth-order valence-corrected chi connectivity index (χ4v) is 4.26. The van der Waals surface area contributed by atoms with Gasteiger partial charge >= 0.3 is 6.61 Å². The van der Waals surface area contributed by atoms with Crippen molar-refractivity contribution in [3.8, 4) is 11.4 Å². The molecule has 1 aliphatic heterocycles. The van der Waals surface area contributed by atoms with Gasteiger partial charge in [-0.25, -0.2) is 0 Å². The molecular formula is C24H31F2N3O3. The first-order chi connectivity index (χ1) is 15.2. The summed E-state index contributed by atoms with van der Waals surface area (Å²) in [6.45, 7) is 6.57. The van der Waals surface area contributed by atoms with Gasteiger partial charge in [-0.3, -0.25) is 14.5 Å². The lowest BCUT2D eigenvalue weighted by Gasteiger charge is -2.31. The van der Waals surface area contributed by atoms with Gasteiger partial charge in [0.15, 0.2) is 5.78 Å². The van der Waals surface area contributed by atoms with Gasteiger partial charge in [0.25, 0.3) is 0 Å². The molecule has 1 aliphatic rings. The third kappa shape index (κ3) is 5.73. The lowest BCUT2D eigenvalue weighted by Crippen LogP contribution is -2.43. The van der Waals surface area contributed by atoms with Crippen molar-refractivity contribution < 1.29 is 23.1 Å². The summed E-state index contributed by atoms with van der Waals surface area (Å²) in [5.74, 6) is 0.227. The Labute approximate surface area is 187 Å². The van der Waals surface area contributed by atoms with E-state index < -0.39 is 6.61 Å². The van der Waals surface area contributed by atoms with Crippen LogP contribution >= 0.6 is 0 Å². The fourth-order valence-electron chi connectivity index (χ4n) is 4.26. The van der Waals surface area contributed by atoms with Crippen LogP contribution < -0.4 is 10.1 Å². The Morgan fingerprint density at radius 3 is 2.31 bits per heavy atom. The Morgan fingerprint density at radius 2 is 1.75 bits per heavy atom. The van der Waals surface area contributed by atoms with Crippen molar-refractivity contribution in [1.82, 2.24) is 14.8 Å². The molecule has 0 aliphatic carbocycles. The Kier molecular flexibility index (Phi) is 7.66. The number of Topliss-reactive ketones (excluding diaryl/α,β-unsaturated/α-hetero) is 1. The second kappa shape index (κ2) is 10.3. The first-order valence-corrected chi connectivity index (χ1v) is 11.0. The highest BCUT2D eigenvalue weighted by Crippen LogP contribution is 2.25. The molecule has 1 aromatic carbocycles. The van der Waals surface area contributed by atoms with E-state index in [0.717, 1.165) is 29.9 Å². The molecule has 32 heavy (non-hydrogen) atoms. The van der Waals surface area contributed by atoms with Gasteiger partial charge in [-0.15, -0.1) is 0 Å². The quantitative estimate of drug-likeness (QED) is 0.619. The number of nitrogens with one attached hydrogen (secondary N) is 1. The van der Waals surface area contributed by atoms with Crippen LogP contribution in [0, 0.1) is 19.8 Å². The van der Waals surface area contributed by atoms with Crippen molar-refractivity contribution in [2.24, 2.45) is 5.92 Å². The minimum atomic E-state index is -2.87. The first-order valence-electron chi connectivity index (χ1n) is 11.0. The topological polar surface area (TPSA) is 63.6 Å². The van der Waals surface area contributed by atoms with Crippen molar-refractivity contribution in [1.29, 1.82) is 0 Å². The SMILES string of the molecule is Cc1cc(C(=O)CN2CCC(C(=O)NC(C)C)CC2)c(C)n1-c1ccc(OC(F)F)cc1. The summed E-state index contributed by atoms with van der Waals surface area (Å²) in [5.41, 5.74) is 3.12. The van der Waals surface area contributed by atoms with Crippen molar-refractivity contribution in [3.05, 3.63) is 47.3 Å². The zero-order valence-corrected chi connectivity index (χ0v) is 19.0. The van der Waals surface area contributed by atoms with Crippen molar-refractivity contribution in [2.75, 3.05) is 19.6 Å². The molecule has 1 aromatic heterocycles. The number of carbonyl (C=O) groups is 2. The lowest BCUT2D eigenvalue weighted by atomic mass is 9.95. The first kappa shape index (κ1) is 23.9. The molecule has 2 aromatic rings. The van der Waals surface area contributed by atoms with E-state index in [9.17, 15) is 18.4 Å². The van der Waals surface area contributed by atoms with E-state index in [4.69, 9.17) is 0 Å². The molecule has 174 valence electrons. The average molecular weight is 448 g/mol. The van der Waals surface area contributed by atoms with E-state index in [0.29, 0.717) is 25.2 Å². The number of hydrogen-bond acceptors (Lipinski definition) is 4. The molecule has 1 saturated heterocycles. The summed E-state index contributed by atoms with van der Waals surface area (Å²) in [6, 6.07) is 8.36. The maximum atomic E-state index is 13.0. The fraction of sp³-hybridized carbons (Fsp3) is 0.500. The number of carbonyl (C=O) groups excluding carboxylic acids is 2. The van der Waals surface area contributed by atoms with Crippen LogP contribution in [0.15, 0.2) is 30.3 Å². The number of ether oxygens (including phenoxy) is 1. The standard InChI is InChI=1S/C24H31F2N3O3/c1-15(2)27-23(31)18-9-11-28(12-10-18)14-22(30)21-13-16(3)29(17(21)4)19-5-7-20(8-6-19)32-24(25)26/h5-8,13,15,18,24H,9-12,14H2,1-4H3,(H,27,31). The molecule has 1 amide bonds. The molecule has 2 heterocycles. The molecular weight excluding hydrogens is 416 g/mol. The van der Waals surface area contributed by atoms with Crippen LogP contribution in [0.25, 0.3) is 5.69 Å². The molecule has 0 bridgehead atoms. The predicted octanol–water partition coefficient (Wildman–Crippen LogP) is 4.11. The van der Waals surface area contributed by atoms with E-state index in [2.05, 4.69) is 15.0 Å². The molecule has 0 unspecified atom stereocenters. The number of nitrogens with zero attached hydrogens (tertiary/aromatic N) is 2. The van der Waals surface area contributed by atoms with Gasteiger partial charge in [-0.2, -0.15) is 8.78 Å². The lowest BCUT2D eigenvalue weighted by molar-refractivity contribution is -0.126. The van der Waals surface area contributed by atoms with Gasteiger partial charge in [0.05, 0.1) is 6.54 Å². The number of halogens is 2. The maximum absolute atomic E-state index is 13.0. The van der Waals surface area contributed by atoms with Crippen molar-refractivity contribution >= 4 is 11.7 Å². The van der Waals surface area contributed by atoms with Crippen LogP contribution in [0.5, 0.6) is 5.75 Å². The number of aryl methyl sites for hydroxylation is 1. The third-order valence-electron chi connectivity index (χ3n) is 5.81. The largest absolute Gasteiger partial charge is 0.435 e. The second-order valence-corrected chi connectivity index (χ2v) is 8.63. The minimum Gasteiger partial charge on any atom is -0.435 e. The van der Waals surface area contributed by atoms with Crippen LogP contribution in [0.4, 0.5) is 8.78 Å². The Morgan fingerprint density at radius 1 is 1.12 bits per heavy atom. The molecule has 3 rings (SSSR count). The van der Waals surface area contributed by atoms with E-state index in [1.807, 2.05) is 38.3 Å². The van der Waals surface area contributed by atoms with Crippen molar-refractivity contribution in [2.45, 2.75) is 53.2 Å². The molecule has 6 nitrogen and oxygen atoms in total. The minimum absolute atomic E-state index is 0.00541. The summed E-state index contributed by atoms with van der Waals surface area (Å²) >= 11 is 0. The van der Waals surface area contributed by atoms with E-state index in [1.165, 1.54) is 12.1 Å². The van der Waals surface area contributed by atoms with Gasteiger partial charge in [0.1, 0.15) is 5.75 Å². The molecule has 0 radical (unpaired) electrons. The summed E-state index contributed by atoms with van der Waals surface area (Å²) < 4.78 is 31.1. The number of amides is 1. The number of piperidine rings is 1. The number of likely N-dealkylation sites (tertiary alicyclic amines) is 1. The molecule has 0 spiro atoms. The molecule has 8 heteroatoms. The predicted molar refractivity (Wildman–Crippen MR) is 119 cm³/mol. The van der Waals surface area contributed by atoms with Crippen LogP contribution in [0.3, 0.4) is 0 Å². The van der Waals surface area contributed by atoms with Crippen LogP contribution in [0.1, 0.15) is 48.4 Å². The number of benzene rings is 1. The second-order valence-electron chi connectivity index (χ2n) is 8.63.